The van der Waals surface area contributed by atoms with Crippen molar-refractivity contribution >= 4 is 51.3 Å². The smallest absolute Gasteiger partial charge is 0.341 e. The summed E-state index contributed by atoms with van der Waals surface area (Å²) in [4.78, 5) is 28.6. The fraction of sp³-hybridized carbons (Fsp3) is 0.571. The molecule has 1 atom stereocenters. The molecular weight excluding hydrogens is 537 g/mol. The second-order valence-electron chi connectivity index (χ2n) is 10.2. The molecule has 2 aliphatic rings. The molecule has 0 spiro atoms. The number of nitrogens with zero attached hydrogens (tertiary/aromatic N) is 3. The van der Waals surface area contributed by atoms with Crippen molar-refractivity contribution < 1.29 is 14.3 Å². The monoisotopic (exact) mass is 572 g/mol. The van der Waals surface area contributed by atoms with Crippen molar-refractivity contribution in [2.75, 3.05) is 17.7 Å². The summed E-state index contributed by atoms with van der Waals surface area (Å²) >= 11 is 4.77. The number of nitrogens with one attached hydrogen (secondary N) is 1. The maximum atomic E-state index is 13.1. The van der Waals surface area contributed by atoms with Gasteiger partial charge in [-0.15, -0.1) is 32.9 Å². The fourth-order valence-corrected chi connectivity index (χ4v) is 8.73. The Bertz CT molecular complexity index is 1310. The van der Waals surface area contributed by atoms with Crippen LogP contribution < -0.4 is 5.32 Å². The lowest BCUT2D eigenvalue weighted by Crippen LogP contribution is -2.17. The van der Waals surface area contributed by atoms with Gasteiger partial charge in [0, 0.05) is 27.2 Å². The van der Waals surface area contributed by atoms with Crippen LogP contribution in [0.25, 0.3) is 11.4 Å². The summed E-state index contributed by atoms with van der Waals surface area (Å²) in [6, 6.07) is 0. The van der Waals surface area contributed by atoms with Crippen LogP contribution in [0.15, 0.2) is 10.5 Å². The lowest BCUT2D eigenvalue weighted by Gasteiger charge is -2.19. The summed E-state index contributed by atoms with van der Waals surface area (Å²) in [5.74, 6) is 1.36. The van der Waals surface area contributed by atoms with Crippen LogP contribution >= 0.6 is 34.4 Å². The Balaban J connectivity index is 1.32. The van der Waals surface area contributed by atoms with Gasteiger partial charge >= 0.3 is 5.97 Å². The van der Waals surface area contributed by atoms with Crippen molar-refractivity contribution in [2.45, 2.75) is 90.3 Å². The molecule has 10 heteroatoms. The minimum atomic E-state index is -0.337. The van der Waals surface area contributed by atoms with Gasteiger partial charge in [-0.1, -0.05) is 32.0 Å². The molecule has 1 amide bonds. The van der Waals surface area contributed by atoms with Crippen LogP contribution in [0.1, 0.15) is 84.1 Å². The molecule has 204 valence electrons. The van der Waals surface area contributed by atoms with Crippen LogP contribution in [-0.4, -0.2) is 39.0 Å². The number of esters is 1. The molecule has 7 nitrogen and oxygen atoms in total. The highest BCUT2D eigenvalue weighted by Gasteiger charge is 2.28. The van der Waals surface area contributed by atoms with E-state index in [9.17, 15) is 9.59 Å². The topological polar surface area (TPSA) is 86.1 Å². The van der Waals surface area contributed by atoms with Crippen molar-refractivity contribution in [1.29, 1.82) is 0 Å². The number of hydrogen-bond acceptors (Lipinski definition) is 8. The van der Waals surface area contributed by atoms with Crippen LogP contribution in [-0.2, 0) is 41.8 Å². The molecule has 38 heavy (non-hydrogen) atoms. The highest BCUT2D eigenvalue weighted by molar-refractivity contribution is 7.99. The number of amides is 1. The first-order valence-corrected chi connectivity index (χ1v) is 16.4. The van der Waals surface area contributed by atoms with Gasteiger partial charge in [-0.25, -0.2) is 4.79 Å². The van der Waals surface area contributed by atoms with E-state index in [-0.39, 0.29) is 17.6 Å². The van der Waals surface area contributed by atoms with Gasteiger partial charge in [0.25, 0.3) is 0 Å². The summed E-state index contributed by atoms with van der Waals surface area (Å²) in [7, 11) is 0. The SMILES string of the molecule is CCCn1c(SCC(=O)Nc2sc3c(c2C(=O)OCC)CCCCC3)nnc1-c1csc2c1CCC(C)C2. The van der Waals surface area contributed by atoms with Crippen LogP contribution in [0.2, 0.25) is 0 Å². The number of carbonyl (C=O) groups excluding carboxylic acids is 2. The predicted octanol–water partition coefficient (Wildman–Crippen LogP) is 6.78. The van der Waals surface area contributed by atoms with Gasteiger partial charge in [-0.2, -0.15) is 0 Å². The third-order valence-corrected chi connectivity index (χ3v) is 10.5. The van der Waals surface area contributed by atoms with Gasteiger partial charge in [-0.3, -0.25) is 4.79 Å². The van der Waals surface area contributed by atoms with Crippen molar-refractivity contribution in [1.82, 2.24) is 14.8 Å². The van der Waals surface area contributed by atoms with Crippen molar-refractivity contribution in [3.63, 3.8) is 0 Å². The van der Waals surface area contributed by atoms with Crippen LogP contribution in [0.3, 0.4) is 0 Å². The van der Waals surface area contributed by atoms with E-state index in [1.807, 2.05) is 18.3 Å². The zero-order valence-electron chi connectivity index (χ0n) is 22.4. The molecule has 0 bridgehead atoms. The van der Waals surface area contributed by atoms with E-state index >= 15 is 0 Å². The third-order valence-electron chi connectivity index (χ3n) is 7.29. The molecule has 0 fully saturated rings. The van der Waals surface area contributed by atoms with E-state index < -0.39 is 0 Å². The molecule has 0 saturated heterocycles. The molecule has 3 aromatic heterocycles. The first kappa shape index (κ1) is 27.4. The maximum Gasteiger partial charge on any atom is 0.341 e. The largest absolute Gasteiger partial charge is 0.462 e. The summed E-state index contributed by atoms with van der Waals surface area (Å²) in [5, 5.41) is 15.7. The van der Waals surface area contributed by atoms with Crippen LogP contribution in [0.5, 0.6) is 0 Å². The Morgan fingerprint density at radius 1 is 1.13 bits per heavy atom. The molecule has 2 aliphatic carbocycles. The Hall–Kier alpha value is -2.17. The Labute approximate surface area is 236 Å². The number of aromatic nitrogens is 3. The highest BCUT2D eigenvalue weighted by atomic mass is 32.2. The summed E-state index contributed by atoms with van der Waals surface area (Å²) in [5.41, 5.74) is 4.25. The van der Waals surface area contributed by atoms with Gasteiger partial charge in [0.05, 0.1) is 17.9 Å². The predicted molar refractivity (Wildman–Crippen MR) is 156 cm³/mol. The lowest BCUT2D eigenvalue weighted by atomic mass is 9.88. The fourth-order valence-electron chi connectivity index (χ4n) is 5.43. The molecule has 0 aromatic carbocycles. The quantitative estimate of drug-likeness (QED) is 0.173. The number of aryl methyl sites for hydroxylation is 1. The van der Waals surface area contributed by atoms with Gasteiger partial charge < -0.3 is 14.6 Å². The first-order chi connectivity index (χ1) is 18.5. The lowest BCUT2D eigenvalue weighted by molar-refractivity contribution is -0.113. The summed E-state index contributed by atoms with van der Waals surface area (Å²) in [6.07, 6.45) is 9.54. The molecule has 0 aliphatic heterocycles. The average Bonchev–Trinajstić information content (AvgIpc) is 3.53. The number of rotatable bonds is 9. The number of fused-ring (bicyclic) bond motifs is 2. The average molecular weight is 573 g/mol. The summed E-state index contributed by atoms with van der Waals surface area (Å²) in [6.45, 7) is 7.40. The molecule has 0 saturated carbocycles. The van der Waals surface area contributed by atoms with Gasteiger partial charge in [0.15, 0.2) is 11.0 Å². The molecular formula is C28H36N4O3S3. The molecule has 5 rings (SSSR count). The van der Waals surface area contributed by atoms with E-state index in [2.05, 4.69) is 39.3 Å². The highest BCUT2D eigenvalue weighted by Crippen LogP contribution is 2.40. The molecule has 1 unspecified atom stereocenters. The standard InChI is InChI=1S/C28H36N4O3S3/c1-4-13-32-25(20-15-36-22-14-17(3)11-12-18(20)22)30-31-28(32)37-16-23(33)29-26-24(27(34)35-5-2)19-9-7-6-8-10-21(19)38-26/h15,17H,4-14,16H2,1-3H3,(H,29,33). The van der Waals surface area contributed by atoms with Crippen molar-refractivity contribution in [2.24, 2.45) is 5.92 Å². The summed E-state index contributed by atoms with van der Waals surface area (Å²) < 4.78 is 7.52. The normalized spacial score (nSPS) is 17.0. The van der Waals surface area contributed by atoms with Crippen LogP contribution in [0, 0.1) is 5.92 Å². The Kier molecular flexibility index (Phi) is 8.90. The Morgan fingerprint density at radius 3 is 2.79 bits per heavy atom. The molecule has 3 aromatic rings. The second-order valence-corrected chi connectivity index (χ2v) is 13.2. The van der Waals surface area contributed by atoms with Crippen molar-refractivity contribution in [3.05, 3.63) is 31.8 Å². The van der Waals surface area contributed by atoms with E-state index in [0.717, 1.165) is 80.4 Å². The number of anilines is 1. The van der Waals surface area contributed by atoms with Gasteiger partial charge in [-0.05, 0) is 75.3 Å². The Morgan fingerprint density at radius 2 is 1.97 bits per heavy atom. The van der Waals surface area contributed by atoms with E-state index in [1.165, 1.54) is 50.4 Å². The van der Waals surface area contributed by atoms with Gasteiger partial charge in [0.2, 0.25) is 5.91 Å². The zero-order chi connectivity index (χ0) is 26.6. The first-order valence-electron chi connectivity index (χ1n) is 13.8. The van der Waals surface area contributed by atoms with Crippen LogP contribution in [0.4, 0.5) is 5.00 Å². The number of carbonyl (C=O) groups is 2. The minimum Gasteiger partial charge on any atom is -0.462 e. The van der Waals surface area contributed by atoms with E-state index in [4.69, 9.17) is 4.74 Å². The zero-order valence-corrected chi connectivity index (χ0v) is 24.9. The number of thiophene rings is 2. The molecule has 1 N–H and O–H groups in total. The molecule has 3 heterocycles. The maximum absolute atomic E-state index is 13.1. The number of ether oxygens (including phenoxy) is 1. The van der Waals surface area contributed by atoms with Gasteiger partial charge in [0.1, 0.15) is 5.00 Å². The number of thioether (sulfide) groups is 1. The third kappa shape index (κ3) is 5.72. The number of hydrogen-bond donors (Lipinski definition) is 1. The minimum absolute atomic E-state index is 0.147. The van der Waals surface area contributed by atoms with Crippen molar-refractivity contribution in [3.8, 4) is 11.4 Å². The van der Waals surface area contributed by atoms with E-state index in [1.54, 1.807) is 0 Å². The molecule has 0 radical (unpaired) electrons. The second kappa shape index (κ2) is 12.3. The van der Waals surface area contributed by atoms with E-state index in [0.29, 0.717) is 17.2 Å².